The molecule has 2 aromatic rings. The highest BCUT2D eigenvalue weighted by Crippen LogP contribution is 2.38. The number of thiophene rings is 1. The number of nitrogens with one attached hydrogen (secondary N) is 2. The molecule has 1 atom stereocenters. The fourth-order valence-corrected chi connectivity index (χ4v) is 5.43. The monoisotopic (exact) mass is 569 g/mol. The second-order valence-corrected chi connectivity index (χ2v) is 9.58. The molecule has 1 aliphatic heterocycles. The lowest BCUT2D eigenvalue weighted by atomic mass is 10.0. The number of rotatable bonds is 8. The second kappa shape index (κ2) is 18.6. The molecule has 38 heavy (non-hydrogen) atoms. The van der Waals surface area contributed by atoms with Crippen LogP contribution in [0, 0.1) is 0 Å². The van der Waals surface area contributed by atoms with Crippen molar-refractivity contribution in [3.8, 4) is 0 Å². The lowest BCUT2D eigenvalue weighted by molar-refractivity contribution is -0.924. The summed E-state index contributed by atoms with van der Waals surface area (Å²) in [5.41, 5.74) is 7.54. The van der Waals surface area contributed by atoms with Gasteiger partial charge in [-0.3, -0.25) is 14.9 Å². The number of urea groups is 1. The number of halogens is 1. The van der Waals surface area contributed by atoms with Gasteiger partial charge in [-0.25, -0.2) is 4.79 Å². The van der Waals surface area contributed by atoms with E-state index in [-0.39, 0.29) is 5.97 Å². The number of fused-ring (bicyclic) bond motifs is 1. The van der Waals surface area contributed by atoms with Crippen molar-refractivity contribution in [3.63, 3.8) is 0 Å². The Balaban J connectivity index is 0.00000213. The third-order valence-electron chi connectivity index (χ3n) is 5.48. The molecule has 2 heterocycles. The van der Waals surface area contributed by atoms with E-state index in [1.807, 2.05) is 41.5 Å². The Morgan fingerprint density at radius 1 is 1.05 bits per heavy atom. The third-order valence-corrected chi connectivity index (χ3v) is 6.86. The average Bonchev–Trinajstić information content (AvgIpc) is 3.25. The smallest absolute Gasteiger partial charge is 0.324 e. The number of benzene rings is 1. The van der Waals surface area contributed by atoms with Crippen LogP contribution in [0.1, 0.15) is 82.1 Å². The first-order valence-corrected chi connectivity index (χ1v) is 14.7. The van der Waals surface area contributed by atoms with E-state index in [1.54, 1.807) is 31.2 Å². The summed E-state index contributed by atoms with van der Waals surface area (Å²) in [6.45, 7) is 16.5. The number of likely N-dealkylation sites (N-methyl/N-ethyl adjacent to an activating group) is 1. The van der Waals surface area contributed by atoms with E-state index in [2.05, 4.69) is 17.7 Å². The maximum atomic E-state index is 12.5. The highest BCUT2D eigenvalue weighted by Gasteiger charge is 2.34. The van der Waals surface area contributed by atoms with E-state index >= 15 is 0 Å². The number of carbonyl (C=O) groups excluding carboxylic acids is 3. The average molecular weight is 570 g/mol. The molecule has 0 spiro atoms. The normalized spacial score (nSPS) is 15.1. The maximum Gasteiger partial charge on any atom is 0.324 e. The van der Waals surface area contributed by atoms with E-state index < -0.39 is 11.9 Å². The van der Waals surface area contributed by atoms with Crippen molar-refractivity contribution >= 4 is 51.5 Å². The first-order chi connectivity index (χ1) is 18.2. The largest absolute Gasteiger partial charge is 0.466 e. The van der Waals surface area contributed by atoms with Gasteiger partial charge in [-0.15, -0.1) is 11.3 Å². The topological polar surface area (TPSA) is 111 Å². The number of esters is 1. The molecule has 8 nitrogen and oxygen atoms in total. The Bertz CT molecular complexity index is 1010. The molecule has 1 aliphatic rings. The van der Waals surface area contributed by atoms with Crippen LogP contribution in [-0.4, -0.2) is 49.1 Å². The third kappa shape index (κ3) is 11.0. The van der Waals surface area contributed by atoms with Crippen LogP contribution in [0.5, 0.6) is 0 Å². The van der Waals surface area contributed by atoms with Crippen molar-refractivity contribution in [2.75, 3.05) is 37.4 Å². The first-order valence-electron chi connectivity index (χ1n) is 13.5. The van der Waals surface area contributed by atoms with Gasteiger partial charge in [0.05, 0.1) is 43.6 Å². The number of nitrogens with zero attached hydrogens (tertiary/aromatic N) is 1. The first kappa shape index (κ1) is 35.4. The molecule has 0 saturated carbocycles. The fraction of sp³-hybridized carbons (Fsp3) is 0.536. The molecule has 0 bridgehead atoms. The zero-order valence-corrected chi connectivity index (χ0v) is 25.8. The van der Waals surface area contributed by atoms with Gasteiger partial charge >= 0.3 is 12.0 Å². The van der Waals surface area contributed by atoms with Gasteiger partial charge in [-0.2, -0.15) is 0 Å². The van der Waals surface area contributed by atoms with E-state index in [1.165, 1.54) is 11.3 Å². The summed E-state index contributed by atoms with van der Waals surface area (Å²) in [6.07, 6.45) is 1.80. The quantitative estimate of drug-likeness (QED) is 0.233. The van der Waals surface area contributed by atoms with Gasteiger partial charge in [-0.05, 0) is 36.8 Å². The lowest BCUT2D eigenvalue weighted by Gasteiger charge is -2.37. The predicted octanol–water partition coefficient (Wildman–Crippen LogP) is 7.07. The molecule has 3 amide bonds. The molecule has 3 rings (SSSR count). The Kier molecular flexibility index (Phi) is 17.3. The summed E-state index contributed by atoms with van der Waals surface area (Å²) in [6, 6.07) is 6.28. The molecular formula is C28H46ClN4O4S+. The number of quaternary nitrogens is 1. The number of carbonyl (C=O) groups is 3. The van der Waals surface area contributed by atoms with Gasteiger partial charge in [0.15, 0.2) is 0 Å². The second-order valence-electron chi connectivity index (χ2n) is 8.04. The molecule has 1 unspecified atom stereocenters. The summed E-state index contributed by atoms with van der Waals surface area (Å²) >= 11 is 7.25. The molecule has 0 aliphatic carbocycles. The Morgan fingerprint density at radius 3 is 2.21 bits per heavy atom. The van der Waals surface area contributed by atoms with Crippen molar-refractivity contribution in [1.29, 1.82) is 0 Å². The summed E-state index contributed by atoms with van der Waals surface area (Å²) in [5, 5.41) is 6.53. The summed E-state index contributed by atoms with van der Waals surface area (Å²) in [5.74, 6) is -0.732. The van der Waals surface area contributed by atoms with Crippen molar-refractivity contribution < 1.29 is 23.6 Å². The number of ether oxygens (including phenoxy) is 1. The molecular weight excluding hydrogens is 524 g/mol. The van der Waals surface area contributed by atoms with Crippen molar-refractivity contribution in [1.82, 2.24) is 0 Å². The van der Waals surface area contributed by atoms with Crippen LogP contribution in [0.4, 0.5) is 15.5 Å². The molecule has 214 valence electrons. The molecule has 0 fully saturated rings. The summed E-state index contributed by atoms with van der Waals surface area (Å²) in [7, 11) is 2.14. The van der Waals surface area contributed by atoms with Crippen molar-refractivity contribution in [2.45, 2.75) is 74.3 Å². The molecule has 0 radical (unpaired) electrons. The lowest BCUT2D eigenvalue weighted by Crippen LogP contribution is -2.48. The van der Waals surface area contributed by atoms with Crippen molar-refractivity contribution in [3.05, 3.63) is 45.3 Å². The van der Waals surface area contributed by atoms with Gasteiger partial charge < -0.3 is 20.3 Å². The molecule has 10 heteroatoms. The summed E-state index contributed by atoms with van der Waals surface area (Å²) < 4.78 is 5.75. The van der Waals surface area contributed by atoms with Crippen molar-refractivity contribution in [2.24, 2.45) is 5.73 Å². The van der Waals surface area contributed by atoms with Gasteiger partial charge in [0.2, 0.25) is 0 Å². The minimum atomic E-state index is -0.553. The van der Waals surface area contributed by atoms with Gasteiger partial charge in [0.1, 0.15) is 11.5 Å². The Morgan fingerprint density at radius 2 is 1.66 bits per heavy atom. The van der Waals surface area contributed by atoms with Crippen LogP contribution in [0.2, 0.25) is 5.02 Å². The van der Waals surface area contributed by atoms with E-state index in [0.29, 0.717) is 47.3 Å². The number of amides is 3. The highest BCUT2D eigenvalue weighted by atomic mass is 35.5. The SMILES string of the molecule is CC.CC.CC.CCOC(=O)CCC[N+]1(C)CCc2c(sc(NC(=O)Nc3ccc(Cl)cc3)c2C(N)=O)C1. The Hall–Kier alpha value is -2.62. The highest BCUT2D eigenvalue weighted by molar-refractivity contribution is 7.17. The van der Waals surface area contributed by atoms with Crippen LogP contribution in [0.3, 0.4) is 0 Å². The number of hydrogen-bond donors (Lipinski definition) is 3. The Labute approximate surface area is 237 Å². The molecule has 4 N–H and O–H groups in total. The van der Waals surface area contributed by atoms with Crippen LogP contribution in [0.15, 0.2) is 24.3 Å². The zero-order valence-electron chi connectivity index (χ0n) is 24.2. The van der Waals surface area contributed by atoms with E-state index in [0.717, 1.165) is 34.4 Å². The van der Waals surface area contributed by atoms with Gasteiger partial charge in [0.25, 0.3) is 5.91 Å². The molecule has 1 aromatic carbocycles. The zero-order chi connectivity index (χ0) is 29.3. The molecule has 0 saturated heterocycles. The number of nitrogens with two attached hydrogens (primary N) is 1. The van der Waals surface area contributed by atoms with Gasteiger partial charge in [0, 0.05) is 23.6 Å². The van der Waals surface area contributed by atoms with Crippen LogP contribution < -0.4 is 16.4 Å². The minimum absolute atomic E-state index is 0.179. The standard InChI is InChI=1S/C22H27ClN4O4S.3C2H6/c1-3-31-18(28)5-4-11-27(2)12-10-16-17(13-27)32-21(19(16)20(24)29)26-22(30)25-15-8-6-14(23)7-9-15;3*1-2/h6-9H,3-5,10-13H2,1-2H3,(H3-,24,25,26,29,30);3*1-2H3/p+1. The van der Waals surface area contributed by atoms with Crippen LogP contribution in [-0.2, 0) is 22.5 Å². The number of anilines is 2. The van der Waals surface area contributed by atoms with E-state index in [9.17, 15) is 14.4 Å². The minimum Gasteiger partial charge on any atom is -0.466 e. The number of primary amides is 1. The van der Waals surface area contributed by atoms with E-state index in [4.69, 9.17) is 22.1 Å². The van der Waals surface area contributed by atoms with Crippen LogP contribution in [0.25, 0.3) is 0 Å². The predicted molar refractivity (Wildman–Crippen MR) is 160 cm³/mol. The molecule has 1 aromatic heterocycles. The van der Waals surface area contributed by atoms with Crippen LogP contribution >= 0.6 is 22.9 Å². The maximum absolute atomic E-state index is 12.5. The number of hydrogen-bond acceptors (Lipinski definition) is 5. The van der Waals surface area contributed by atoms with Gasteiger partial charge in [-0.1, -0.05) is 53.1 Å². The fourth-order valence-electron chi connectivity index (χ4n) is 3.89. The summed E-state index contributed by atoms with van der Waals surface area (Å²) in [4.78, 5) is 37.3.